The molecule has 3 aromatic rings. The van der Waals surface area contributed by atoms with Crippen molar-refractivity contribution in [3.05, 3.63) is 94.8 Å². The lowest BCUT2D eigenvalue weighted by Crippen LogP contribution is -2.25. The highest BCUT2D eigenvalue weighted by molar-refractivity contribution is 5.78. The maximum Gasteiger partial charge on any atom is 0.133 e. The van der Waals surface area contributed by atoms with Crippen LogP contribution in [0.1, 0.15) is 40.7 Å². The van der Waals surface area contributed by atoms with E-state index in [0.717, 1.165) is 43.8 Å². The zero-order valence-corrected chi connectivity index (χ0v) is 18.2. The van der Waals surface area contributed by atoms with Crippen LogP contribution in [-0.4, -0.2) is 28.8 Å². The predicted octanol–water partition coefficient (Wildman–Crippen LogP) is 4.92. The third-order valence-corrected chi connectivity index (χ3v) is 5.95. The van der Waals surface area contributed by atoms with Crippen molar-refractivity contribution in [2.75, 3.05) is 13.2 Å². The van der Waals surface area contributed by atoms with Gasteiger partial charge in [-0.15, -0.1) is 0 Å². The third kappa shape index (κ3) is 6.02. The number of carbonyl (C=O) groups is 1. The molecule has 1 aliphatic rings. The van der Waals surface area contributed by atoms with Gasteiger partial charge >= 0.3 is 0 Å². The van der Waals surface area contributed by atoms with E-state index in [0.29, 0.717) is 25.2 Å². The number of aryl methyl sites for hydroxylation is 3. The van der Waals surface area contributed by atoms with Gasteiger partial charge in [0.25, 0.3) is 0 Å². The van der Waals surface area contributed by atoms with Crippen LogP contribution in [0.3, 0.4) is 0 Å². The number of ether oxygens (including phenoxy) is 1. The summed E-state index contributed by atoms with van der Waals surface area (Å²) < 4.78 is 5.87. The zero-order chi connectivity index (χ0) is 21.5. The Hall–Kier alpha value is -2.98. The van der Waals surface area contributed by atoms with Crippen molar-refractivity contribution >= 4 is 5.78 Å². The highest BCUT2D eigenvalue weighted by Gasteiger charge is 2.16. The first-order valence-corrected chi connectivity index (χ1v) is 11.1. The SMILES string of the molecule is Cc1ccc(CCC(=O)CCc2ccccc2)cc1CN1CCOc2ccncc2C1. The molecule has 160 valence electrons. The normalized spacial score (nSPS) is 13.8. The first-order valence-electron chi connectivity index (χ1n) is 11.1. The summed E-state index contributed by atoms with van der Waals surface area (Å²) in [4.78, 5) is 19.0. The first-order chi connectivity index (χ1) is 15.2. The number of carbonyl (C=O) groups excluding carboxylic acids is 1. The van der Waals surface area contributed by atoms with Crippen molar-refractivity contribution in [3.8, 4) is 5.75 Å². The van der Waals surface area contributed by atoms with Crippen molar-refractivity contribution < 1.29 is 9.53 Å². The number of hydrogen-bond acceptors (Lipinski definition) is 4. The fourth-order valence-electron chi connectivity index (χ4n) is 4.04. The molecule has 0 saturated carbocycles. The van der Waals surface area contributed by atoms with Gasteiger partial charge in [0, 0.05) is 50.4 Å². The van der Waals surface area contributed by atoms with Gasteiger partial charge in [-0.25, -0.2) is 0 Å². The quantitative estimate of drug-likeness (QED) is 0.525. The molecule has 1 aromatic heterocycles. The third-order valence-electron chi connectivity index (χ3n) is 5.95. The summed E-state index contributed by atoms with van der Waals surface area (Å²) in [5.74, 6) is 1.27. The fraction of sp³-hybridized carbons (Fsp3) is 0.333. The molecule has 4 nitrogen and oxygen atoms in total. The van der Waals surface area contributed by atoms with Crippen LogP contribution in [0.2, 0.25) is 0 Å². The maximum atomic E-state index is 12.4. The van der Waals surface area contributed by atoms with E-state index in [1.165, 1.54) is 22.3 Å². The van der Waals surface area contributed by atoms with Gasteiger partial charge in [-0.3, -0.25) is 14.7 Å². The lowest BCUT2D eigenvalue weighted by molar-refractivity contribution is -0.119. The summed E-state index contributed by atoms with van der Waals surface area (Å²) >= 11 is 0. The molecule has 0 bridgehead atoms. The molecule has 0 radical (unpaired) electrons. The Morgan fingerprint density at radius 1 is 1.03 bits per heavy atom. The summed E-state index contributed by atoms with van der Waals surface area (Å²) in [5, 5.41) is 0. The van der Waals surface area contributed by atoms with Crippen LogP contribution in [0.4, 0.5) is 0 Å². The summed E-state index contributed by atoms with van der Waals surface area (Å²) in [6.45, 7) is 5.44. The molecular weight excluding hydrogens is 384 g/mol. The van der Waals surface area contributed by atoms with Gasteiger partial charge in [-0.05, 0) is 48.1 Å². The monoisotopic (exact) mass is 414 g/mol. The molecule has 0 spiro atoms. The molecule has 4 heteroatoms. The second kappa shape index (κ2) is 10.4. The van der Waals surface area contributed by atoms with Gasteiger partial charge in [0.1, 0.15) is 18.1 Å². The first kappa shape index (κ1) is 21.3. The van der Waals surface area contributed by atoms with Crippen LogP contribution in [0.25, 0.3) is 0 Å². The van der Waals surface area contributed by atoms with E-state index in [9.17, 15) is 4.79 Å². The van der Waals surface area contributed by atoms with E-state index < -0.39 is 0 Å². The Kier molecular flexibility index (Phi) is 7.11. The number of aromatic nitrogens is 1. The number of fused-ring (bicyclic) bond motifs is 1. The van der Waals surface area contributed by atoms with Gasteiger partial charge < -0.3 is 4.74 Å². The molecule has 0 fully saturated rings. The lowest BCUT2D eigenvalue weighted by Gasteiger charge is -2.21. The van der Waals surface area contributed by atoms with Crippen molar-refractivity contribution in [2.45, 2.75) is 45.7 Å². The van der Waals surface area contributed by atoms with E-state index in [-0.39, 0.29) is 0 Å². The molecule has 2 heterocycles. The summed E-state index contributed by atoms with van der Waals surface area (Å²) in [6, 6.07) is 18.8. The number of nitrogens with zero attached hydrogens (tertiary/aromatic N) is 2. The summed E-state index contributed by atoms with van der Waals surface area (Å²) in [7, 11) is 0. The molecular formula is C27H30N2O2. The average Bonchev–Trinajstić information content (AvgIpc) is 3.00. The Labute approximate surface area is 184 Å². The van der Waals surface area contributed by atoms with Gasteiger partial charge in [0.2, 0.25) is 0 Å². The van der Waals surface area contributed by atoms with Crippen molar-refractivity contribution in [1.82, 2.24) is 9.88 Å². The highest BCUT2D eigenvalue weighted by atomic mass is 16.5. The van der Waals surface area contributed by atoms with Gasteiger partial charge in [-0.2, -0.15) is 0 Å². The van der Waals surface area contributed by atoms with Crippen LogP contribution in [0, 0.1) is 6.92 Å². The maximum absolute atomic E-state index is 12.4. The number of Topliss-reactive ketones (excluding diaryl/α,β-unsaturated/α-hetero) is 1. The van der Waals surface area contributed by atoms with E-state index in [1.54, 1.807) is 6.20 Å². The molecule has 31 heavy (non-hydrogen) atoms. The number of rotatable bonds is 8. The van der Waals surface area contributed by atoms with Gasteiger partial charge in [-0.1, -0.05) is 48.5 Å². The van der Waals surface area contributed by atoms with Gasteiger partial charge in [0.15, 0.2) is 0 Å². The second-order valence-corrected chi connectivity index (χ2v) is 8.33. The van der Waals surface area contributed by atoms with Crippen molar-refractivity contribution in [1.29, 1.82) is 0 Å². The van der Waals surface area contributed by atoms with E-state index in [2.05, 4.69) is 47.1 Å². The summed E-state index contributed by atoms with van der Waals surface area (Å²) in [6.07, 6.45) is 6.53. The Balaban J connectivity index is 1.33. The van der Waals surface area contributed by atoms with Crippen LogP contribution in [0.5, 0.6) is 5.75 Å². The second-order valence-electron chi connectivity index (χ2n) is 8.33. The molecule has 4 rings (SSSR count). The molecule has 0 atom stereocenters. The van der Waals surface area contributed by atoms with Crippen LogP contribution in [-0.2, 0) is 30.7 Å². The van der Waals surface area contributed by atoms with Crippen molar-refractivity contribution in [2.24, 2.45) is 0 Å². The van der Waals surface area contributed by atoms with Crippen LogP contribution < -0.4 is 4.74 Å². The number of pyridine rings is 1. The molecule has 0 unspecified atom stereocenters. The number of benzene rings is 2. The largest absolute Gasteiger partial charge is 0.492 e. The molecule has 1 aliphatic heterocycles. The van der Waals surface area contributed by atoms with E-state index in [1.807, 2.05) is 30.5 Å². The highest BCUT2D eigenvalue weighted by Crippen LogP contribution is 2.23. The lowest BCUT2D eigenvalue weighted by atomic mass is 9.99. The smallest absolute Gasteiger partial charge is 0.133 e. The molecule has 0 saturated heterocycles. The van der Waals surface area contributed by atoms with Crippen LogP contribution >= 0.6 is 0 Å². The number of ketones is 1. The zero-order valence-electron chi connectivity index (χ0n) is 18.2. The minimum absolute atomic E-state index is 0.333. The Morgan fingerprint density at radius 3 is 2.68 bits per heavy atom. The minimum atomic E-state index is 0.333. The van der Waals surface area contributed by atoms with E-state index >= 15 is 0 Å². The fourth-order valence-corrected chi connectivity index (χ4v) is 4.04. The summed E-state index contributed by atoms with van der Waals surface area (Å²) in [5.41, 5.74) is 6.21. The predicted molar refractivity (Wildman–Crippen MR) is 123 cm³/mol. The standard InChI is InChI=1S/C27H30N2O2/c1-21-7-8-23(10-12-26(30)11-9-22-5-3-2-4-6-22)17-24(21)19-29-15-16-31-27-13-14-28-18-25(27)20-29/h2-8,13-14,17-18H,9-12,15-16,19-20H2,1H3. The molecule has 0 amide bonds. The molecule has 2 aromatic carbocycles. The minimum Gasteiger partial charge on any atom is -0.492 e. The topological polar surface area (TPSA) is 42.4 Å². The van der Waals surface area contributed by atoms with Crippen LogP contribution in [0.15, 0.2) is 67.0 Å². The number of hydrogen-bond donors (Lipinski definition) is 0. The Bertz CT molecular complexity index is 1020. The average molecular weight is 415 g/mol. The van der Waals surface area contributed by atoms with Crippen molar-refractivity contribution in [3.63, 3.8) is 0 Å². The van der Waals surface area contributed by atoms with Gasteiger partial charge in [0.05, 0.1) is 0 Å². The Morgan fingerprint density at radius 2 is 1.84 bits per heavy atom. The van der Waals surface area contributed by atoms with E-state index in [4.69, 9.17) is 4.74 Å². The molecule has 0 aliphatic carbocycles. The molecule has 0 N–H and O–H groups in total.